The molecule has 0 aliphatic carbocycles. The fourth-order valence-corrected chi connectivity index (χ4v) is 4.02. The van der Waals surface area contributed by atoms with E-state index < -0.39 is 0 Å². The molecule has 1 amide bonds. The minimum absolute atomic E-state index is 0.0179. The van der Waals surface area contributed by atoms with Crippen LogP contribution in [0.5, 0.6) is 0 Å². The first kappa shape index (κ1) is 15.9. The van der Waals surface area contributed by atoms with Gasteiger partial charge >= 0.3 is 0 Å². The zero-order chi connectivity index (χ0) is 16.4. The predicted molar refractivity (Wildman–Crippen MR) is 93.7 cm³/mol. The van der Waals surface area contributed by atoms with Crippen LogP contribution in [0.3, 0.4) is 0 Å². The highest BCUT2D eigenvalue weighted by molar-refractivity contribution is 7.20. The molecule has 0 fully saturated rings. The molecule has 0 saturated carbocycles. The van der Waals surface area contributed by atoms with Gasteiger partial charge in [-0.1, -0.05) is 6.07 Å². The molecule has 3 aromatic rings. The van der Waals surface area contributed by atoms with Crippen LogP contribution in [-0.4, -0.2) is 20.7 Å². The van der Waals surface area contributed by atoms with Crippen LogP contribution in [0.15, 0.2) is 22.9 Å². The number of nitrogens with one attached hydrogen (secondary N) is 1. The van der Waals surface area contributed by atoms with E-state index in [4.69, 9.17) is 0 Å². The average Bonchev–Trinajstić information content (AvgIpc) is 3.21. The molecule has 0 saturated heterocycles. The number of nitrogens with zero attached hydrogens (tertiary/aromatic N) is 3. The van der Waals surface area contributed by atoms with Gasteiger partial charge in [-0.25, -0.2) is 4.98 Å². The molecule has 0 aliphatic rings. The van der Waals surface area contributed by atoms with E-state index in [0.717, 1.165) is 32.5 Å². The maximum atomic E-state index is 12.1. The van der Waals surface area contributed by atoms with Crippen molar-refractivity contribution in [2.75, 3.05) is 0 Å². The molecule has 120 valence electrons. The lowest BCUT2D eigenvalue weighted by Crippen LogP contribution is -2.25. The van der Waals surface area contributed by atoms with Crippen LogP contribution in [0.2, 0.25) is 0 Å². The van der Waals surface area contributed by atoms with E-state index in [0.29, 0.717) is 13.0 Å². The van der Waals surface area contributed by atoms with Gasteiger partial charge in [0, 0.05) is 30.2 Å². The van der Waals surface area contributed by atoms with Crippen LogP contribution >= 0.6 is 22.7 Å². The molecule has 23 heavy (non-hydrogen) atoms. The monoisotopic (exact) mass is 346 g/mol. The number of hydrogen-bond donors (Lipinski definition) is 1. The molecule has 0 radical (unpaired) electrons. The second kappa shape index (κ2) is 6.64. The van der Waals surface area contributed by atoms with Gasteiger partial charge in [0.25, 0.3) is 0 Å². The SMILES string of the molecule is Cc1nn(C)c(C)c1CNC(=O)Cc1csc(-c2cccs2)n1. The first-order valence-electron chi connectivity index (χ1n) is 7.28. The summed E-state index contributed by atoms with van der Waals surface area (Å²) in [6.45, 7) is 4.48. The van der Waals surface area contributed by atoms with E-state index in [9.17, 15) is 4.79 Å². The fourth-order valence-electron chi connectivity index (χ4n) is 2.39. The van der Waals surface area contributed by atoms with Crippen molar-refractivity contribution < 1.29 is 4.79 Å². The van der Waals surface area contributed by atoms with Crippen LogP contribution in [0, 0.1) is 13.8 Å². The zero-order valence-electron chi connectivity index (χ0n) is 13.3. The quantitative estimate of drug-likeness (QED) is 0.772. The molecule has 5 nitrogen and oxygen atoms in total. The lowest BCUT2D eigenvalue weighted by Gasteiger charge is -2.05. The number of hydrogen-bond acceptors (Lipinski definition) is 5. The molecular weight excluding hydrogens is 328 g/mol. The molecule has 0 atom stereocenters. The molecule has 0 spiro atoms. The smallest absolute Gasteiger partial charge is 0.226 e. The molecule has 0 aliphatic heterocycles. The highest BCUT2D eigenvalue weighted by Gasteiger charge is 2.12. The Hall–Kier alpha value is -1.99. The molecule has 3 heterocycles. The zero-order valence-corrected chi connectivity index (χ0v) is 14.9. The summed E-state index contributed by atoms with van der Waals surface area (Å²) in [4.78, 5) is 17.8. The molecule has 1 N–H and O–H groups in total. The van der Waals surface area contributed by atoms with Crippen molar-refractivity contribution in [3.8, 4) is 9.88 Å². The molecular formula is C16H18N4OS2. The van der Waals surface area contributed by atoms with Gasteiger partial charge in [-0.2, -0.15) is 5.10 Å². The molecule has 0 unspecified atom stereocenters. The number of aromatic nitrogens is 3. The lowest BCUT2D eigenvalue weighted by molar-refractivity contribution is -0.120. The largest absolute Gasteiger partial charge is 0.352 e. The summed E-state index contributed by atoms with van der Waals surface area (Å²) in [5.41, 5.74) is 3.93. The molecule has 3 aromatic heterocycles. The Balaban J connectivity index is 1.59. The van der Waals surface area contributed by atoms with Crippen molar-refractivity contribution in [2.45, 2.75) is 26.8 Å². The number of amides is 1. The second-order valence-corrected chi connectivity index (χ2v) is 7.15. The highest BCUT2D eigenvalue weighted by Crippen LogP contribution is 2.27. The minimum atomic E-state index is -0.0179. The van der Waals surface area contributed by atoms with Crippen molar-refractivity contribution in [1.82, 2.24) is 20.1 Å². The van der Waals surface area contributed by atoms with Gasteiger partial charge in [0.15, 0.2) is 0 Å². The van der Waals surface area contributed by atoms with E-state index in [1.807, 2.05) is 48.5 Å². The Bertz CT molecular complexity index is 817. The Morgan fingerprint density at radius 3 is 2.83 bits per heavy atom. The summed E-state index contributed by atoms with van der Waals surface area (Å²) in [5, 5.41) is 12.3. The summed E-state index contributed by atoms with van der Waals surface area (Å²) >= 11 is 3.24. The van der Waals surface area contributed by atoms with E-state index in [1.165, 1.54) is 0 Å². The number of aryl methyl sites for hydroxylation is 2. The van der Waals surface area contributed by atoms with Gasteiger partial charge in [-0.3, -0.25) is 9.48 Å². The average molecular weight is 346 g/mol. The molecule has 7 heteroatoms. The van der Waals surface area contributed by atoms with E-state index in [1.54, 1.807) is 22.7 Å². The molecule has 0 bridgehead atoms. The number of carbonyl (C=O) groups is 1. The maximum absolute atomic E-state index is 12.1. The summed E-state index contributed by atoms with van der Waals surface area (Å²) in [6, 6.07) is 4.05. The van der Waals surface area contributed by atoms with Gasteiger partial charge < -0.3 is 5.32 Å². The van der Waals surface area contributed by atoms with Crippen molar-refractivity contribution in [3.05, 3.63) is 45.5 Å². The van der Waals surface area contributed by atoms with Crippen molar-refractivity contribution in [1.29, 1.82) is 0 Å². The Morgan fingerprint density at radius 2 is 2.17 bits per heavy atom. The summed E-state index contributed by atoms with van der Waals surface area (Å²) in [7, 11) is 1.91. The van der Waals surface area contributed by atoms with Crippen LogP contribution in [0.4, 0.5) is 0 Å². The topological polar surface area (TPSA) is 59.8 Å². The fraction of sp³-hybridized carbons (Fsp3) is 0.312. The Labute approximate surface area is 143 Å². The van der Waals surface area contributed by atoms with E-state index in [-0.39, 0.29) is 5.91 Å². The lowest BCUT2D eigenvalue weighted by atomic mass is 10.2. The molecule has 3 rings (SSSR count). The Kier molecular flexibility index (Phi) is 4.58. The van der Waals surface area contributed by atoms with E-state index >= 15 is 0 Å². The van der Waals surface area contributed by atoms with Gasteiger partial charge in [-0.05, 0) is 25.3 Å². The first-order valence-corrected chi connectivity index (χ1v) is 9.04. The van der Waals surface area contributed by atoms with Crippen LogP contribution in [-0.2, 0) is 24.8 Å². The Morgan fingerprint density at radius 1 is 1.35 bits per heavy atom. The third-order valence-corrected chi connectivity index (χ3v) is 5.68. The summed E-state index contributed by atoms with van der Waals surface area (Å²) in [6.07, 6.45) is 0.306. The number of thiophene rings is 1. The highest BCUT2D eigenvalue weighted by atomic mass is 32.1. The third-order valence-electron chi connectivity index (χ3n) is 3.75. The van der Waals surface area contributed by atoms with Crippen LogP contribution < -0.4 is 5.32 Å². The standard InChI is InChI=1S/C16H18N4OS2/c1-10-13(11(2)20(3)19-10)8-17-15(21)7-12-9-23-16(18-12)14-5-4-6-22-14/h4-6,9H,7-8H2,1-3H3,(H,17,21). The number of thiazole rings is 1. The summed E-state index contributed by atoms with van der Waals surface area (Å²) < 4.78 is 1.84. The molecule has 0 aromatic carbocycles. The number of carbonyl (C=O) groups excluding carboxylic acids is 1. The van der Waals surface area contributed by atoms with Crippen molar-refractivity contribution in [2.24, 2.45) is 7.05 Å². The van der Waals surface area contributed by atoms with Gasteiger partial charge in [-0.15, -0.1) is 22.7 Å². The van der Waals surface area contributed by atoms with E-state index in [2.05, 4.69) is 15.4 Å². The first-order chi connectivity index (χ1) is 11.0. The normalized spacial score (nSPS) is 10.9. The maximum Gasteiger partial charge on any atom is 0.226 e. The van der Waals surface area contributed by atoms with Crippen molar-refractivity contribution >= 4 is 28.6 Å². The van der Waals surface area contributed by atoms with Gasteiger partial charge in [0.05, 0.1) is 22.7 Å². The minimum Gasteiger partial charge on any atom is -0.352 e. The van der Waals surface area contributed by atoms with Crippen molar-refractivity contribution in [3.63, 3.8) is 0 Å². The van der Waals surface area contributed by atoms with Gasteiger partial charge in [0.2, 0.25) is 5.91 Å². The number of rotatable bonds is 5. The van der Waals surface area contributed by atoms with Gasteiger partial charge in [0.1, 0.15) is 5.01 Å². The predicted octanol–water partition coefficient (Wildman–Crippen LogP) is 3.08. The second-order valence-electron chi connectivity index (χ2n) is 5.35. The third kappa shape index (κ3) is 3.51. The van der Waals surface area contributed by atoms with Crippen LogP contribution in [0.1, 0.15) is 22.6 Å². The summed E-state index contributed by atoms with van der Waals surface area (Å²) in [5.74, 6) is -0.0179. The van der Waals surface area contributed by atoms with Crippen LogP contribution in [0.25, 0.3) is 9.88 Å².